The van der Waals surface area contributed by atoms with Gasteiger partial charge in [-0.25, -0.2) is 0 Å². The third kappa shape index (κ3) is 4.35. The molecule has 1 fully saturated rings. The number of carbonyl (C=O) groups is 1. The molecule has 21 heavy (non-hydrogen) atoms. The highest BCUT2D eigenvalue weighted by molar-refractivity contribution is 6.31. The summed E-state index contributed by atoms with van der Waals surface area (Å²) in [6.45, 7) is 5.72. The molecule has 1 aliphatic heterocycles. The van der Waals surface area contributed by atoms with Gasteiger partial charge in [0.05, 0.1) is 12.2 Å². The van der Waals surface area contributed by atoms with Crippen molar-refractivity contribution in [3.05, 3.63) is 28.8 Å². The Labute approximate surface area is 131 Å². The minimum atomic E-state index is -0.121. The number of nitrogens with one attached hydrogen (secondary N) is 2. The summed E-state index contributed by atoms with van der Waals surface area (Å²) >= 11 is 6.02. The first kappa shape index (κ1) is 16.1. The fourth-order valence-corrected chi connectivity index (χ4v) is 2.68. The minimum Gasteiger partial charge on any atom is -0.493 e. The molecular weight excluding hydrogens is 288 g/mol. The summed E-state index contributed by atoms with van der Waals surface area (Å²) in [5, 5.41) is 7.01. The molecule has 0 bridgehead atoms. The molecule has 0 saturated carbocycles. The first-order chi connectivity index (χ1) is 10.1. The van der Waals surface area contributed by atoms with E-state index in [0.717, 1.165) is 25.8 Å². The predicted octanol–water partition coefficient (Wildman–Crippen LogP) is 3.00. The van der Waals surface area contributed by atoms with Gasteiger partial charge in [0, 0.05) is 17.1 Å². The highest BCUT2D eigenvalue weighted by Crippen LogP contribution is 2.23. The Kier molecular flexibility index (Phi) is 5.88. The maximum absolute atomic E-state index is 12.5. The molecule has 0 radical (unpaired) electrons. The van der Waals surface area contributed by atoms with Gasteiger partial charge in [-0.2, -0.15) is 0 Å². The van der Waals surface area contributed by atoms with Crippen LogP contribution in [0.25, 0.3) is 0 Å². The molecule has 1 saturated heterocycles. The molecule has 1 aromatic rings. The van der Waals surface area contributed by atoms with Crippen LogP contribution in [0, 0.1) is 0 Å². The number of rotatable bonds is 5. The Morgan fingerprint density at radius 1 is 1.52 bits per heavy atom. The Morgan fingerprint density at radius 2 is 2.33 bits per heavy atom. The smallest absolute Gasteiger partial charge is 0.255 e. The molecule has 116 valence electrons. The van der Waals surface area contributed by atoms with Crippen molar-refractivity contribution in [3.63, 3.8) is 0 Å². The molecule has 0 aromatic heterocycles. The van der Waals surface area contributed by atoms with Crippen molar-refractivity contribution in [1.29, 1.82) is 0 Å². The van der Waals surface area contributed by atoms with Crippen molar-refractivity contribution < 1.29 is 9.53 Å². The van der Waals surface area contributed by atoms with Crippen LogP contribution in [0.3, 0.4) is 0 Å². The number of hydrogen-bond acceptors (Lipinski definition) is 3. The van der Waals surface area contributed by atoms with Crippen LogP contribution in [0.4, 0.5) is 0 Å². The lowest BCUT2D eigenvalue weighted by Crippen LogP contribution is -2.51. The summed E-state index contributed by atoms with van der Waals surface area (Å²) in [5.41, 5.74) is 0.508. The van der Waals surface area contributed by atoms with Crippen molar-refractivity contribution >= 4 is 17.5 Å². The number of piperidine rings is 1. The number of hydrogen-bond donors (Lipinski definition) is 2. The van der Waals surface area contributed by atoms with Crippen molar-refractivity contribution in [2.75, 3.05) is 13.2 Å². The van der Waals surface area contributed by atoms with Crippen LogP contribution in [0.15, 0.2) is 18.2 Å². The number of amides is 1. The van der Waals surface area contributed by atoms with E-state index in [-0.39, 0.29) is 18.0 Å². The molecule has 2 rings (SSSR count). The Morgan fingerprint density at radius 3 is 3.05 bits per heavy atom. The summed E-state index contributed by atoms with van der Waals surface area (Å²) < 4.78 is 5.64. The Balaban J connectivity index is 2.11. The molecule has 2 atom stereocenters. The van der Waals surface area contributed by atoms with E-state index >= 15 is 0 Å². The SMILES string of the molecule is CCCOc1ccc(Cl)cc1C(=O)NC1CCCNC1C. The van der Waals surface area contributed by atoms with Crippen LogP contribution in [0.2, 0.25) is 5.02 Å². The van der Waals surface area contributed by atoms with E-state index in [9.17, 15) is 4.79 Å². The second-order valence-corrected chi connectivity index (χ2v) is 5.89. The van der Waals surface area contributed by atoms with Crippen LogP contribution in [0.5, 0.6) is 5.75 Å². The van der Waals surface area contributed by atoms with E-state index in [1.54, 1.807) is 18.2 Å². The molecular formula is C16H23ClN2O2. The molecule has 1 amide bonds. The first-order valence-electron chi connectivity index (χ1n) is 7.58. The van der Waals surface area contributed by atoms with Crippen LogP contribution in [0.1, 0.15) is 43.5 Å². The summed E-state index contributed by atoms with van der Waals surface area (Å²) in [4.78, 5) is 12.5. The zero-order chi connectivity index (χ0) is 15.2. The van der Waals surface area contributed by atoms with Crippen molar-refractivity contribution in [2.24, 2.45) is 0 Å². The maximum Gasteiger partial charge on any atom is 0.255 e. The zero-order valence-electron chi connectivity index (χ0n) is 12.6. The van der Waals surface area contributed by atoms with Gasteiger partial charge in [-0.1, -0.05) is 18.5 Å². The van der Waals surface area contributed by atoms with E-state index in [1.165, 1.54) is 0 Å². The second-order valence-electron chi connectivity index (χ2n) is 5.45. The van der Waals surface area contributed by atoms with Crippen molar-refractivity contribution in [2.45, 2.75) is 45.2 Å². The average molecular weight is 311 g/mol. The molecule has 5 heteroatoms. The van der Waals surface area contributed by atoms with Gasteiger partial charge in [-0.3, -0.25) is 4.79 Å². The lowest BCUT2D eigenvalue weighted by Gasteiger charge is -2.30. The summed E-state index contributed by atoms with van der Waals surface area (Å²) in [6, 6.07) is 5.60. The first-order valence-corrected chi connectivity index (χ1v) is 7.96. The predicted molar refractivity (Wildman–Crippen MR) is 85.2 cm³/mol. The summed E-state index contributed by atoms with van der Waals surface area (Å²) in [5.74, 6) is 0.472. The standard InChI is InChI=1S/C16H23ClN2O2/c1-3-9-21-15-7-6-12(17)10-13(15)16(20)19-14-5-4-8-18-11(14)2/h6-7,10-11,14,18H,3-5,8-9H2,1-2H3,(H,19,20). The molecule has 0 aliphatic carbocycles. The van der Waals surface area contributed by atoms with Gasteiger partial charge < -0.3 is 15.4 Å². The third-order valence-corrected chi connectivity index (χ3v) is 3.96. The fourth-order valence-electron chi connectivity index (χ4n) is 2.50. The van der Waals surface area contributed by atoms with E-state index in [1.807, 2.05) is 6.92 Å². The maximum atomic E-state index is 12.5. The molecule has 0 spiro atoms. The monoisotopic (exact) mass is 310 g/mol. The summed E-state index contributed by atoms with van der Waals surface area (Å²) in [7, 11) is 0. The highest BCUT2D eigenvalue weighted by atomic mass is 35.5. The van der Waals surface area contributed by atoms with E-state index in [4.69, 9.17) is 16.3 Å². The molecule has 4 nitrogen and oxygen atoms in total. The molecule has 2 unspecified atom stereocenters. The average Bonchev–Trinajstić information content (AvgIpc) is 2.48. The van der Waals surface area contributed by atoms with Gasteiger partial charge in [0.1, 0.15) is 5.75 Å². The normalized spacial score (nSPS) is 21.9. The van der Waals surface area contributed by atoms with Gasteiger partial charge >= 0.3 is 0 Å². The number of benzene rings is 1. The minimum absolute atomic E-state index is 0.121. The largest absolute Gasteiger partial charge is 0.493 e. The van der Waals surface area contributed by atoms with Gasteiger partial charge in [0.25, 0.3) is 5.91 Å². The molecule has 2 N–H and O–H groups in total. The van der Waals surface area contributed by atoms with Gasteiger partial charge in [-0.05, 0) is 50.9 Å². The fraction of sp³-hybridized carbons (Fsp3) is 0.562. The number of ether oxygens (including phenoxy) is 1. The zero-order valence-corrected chi connectivity index (χ0v) is 13.4. The number of carbonyl (C=O) groups excluding carboxylic acids is 1. The topological polar surface area (TPSA) is 50.4 Å². The van der Waals surface area contributed by atoms with Crippen LogP contribution in [-0.4, -0.2) is 31.1 Å². The van der Waals surface area contributed by atoms with E-state index in [0.29, 0.717) is 22.9 Å². The molecule has 1 aromatic carbocycles. The van der Waals surface area contributed by atoms with Crippen molar-refractivity contribution in [3.8, 4) is 5.75 Å². The molecule has 1 aliphatic rings. The van der Waals surface area contributed by atoms with Crippen LogP contribution in [-0.2, 0) is 0 Å². The highest BCUT2D eigenvalue weighted by Gasteiger charge is 2.24. The Bertz CT molecular complexity index is 493. The van der Waals surface area contributed by atoms with Gasteiger partial charge in [0.2, 0.25) is 0 Å². The van der Waals surface area contributed by atoms with Crippen LogP contribution < -0.4 is 15.4 Å². The van der Waals surface area contributed by atoms with Gasteiger partial charge in [0.15, 0.2) is 0 Å². The van der Waals surface area contributed by atoms with E-state index in [2.05, 4.69) is 17.6 Å². The van der Waals surface area contributed by atoms with Crippen molar-refractivity contribution in [1.82, 2.24) is 10.6 Å². The lowest BCUT2D eigenvalue weighted by molar-refractivity contribution is 0.0915. The van der Waals surface area contributed by atoms with Crippen LogP contribution >= 0.6 is 11.6 Å². The van der Waals surface area contributed by atoms with E-state index < -0.39 is 0 Å². The summed E-state index contributed by atoms with van der Waals surface area (Å²) in [6.07, 6.45) is 2.96. The quantitative estimate of drug-likeness (QED) is 0.879. The second kappa shape index (κ2) is 7.66. The molecule has 1 heterocycles. The lowest BCUT2D eigenvalue weighted by atomic mass is 9.99. The number of halogens is 1. The van der Waals surface area contributed by atoms with Gasteiger partial charge in [-0.15, -0.1) is 0 Å². The Hall–Kier alpha value is -1.26. The third-order valence-electron chi connectivity index (χ3n) is 3.73.